The number of rotatable bonds is 7. The summed E-state index contributed by atoms with van der Waals surface area (Å²) in [5.41, 5.74) is -1.36. The Morgan fingerprint density at radius 1 is 1.50 bits per heavy atom. The van der Waals surface area contributed by atoms with Crippen molar-refractivity contribution in [1.82, 2.24) is 5.32 Å². The lowest BCUT2D eigenvalue weighted by atomic mass is 9.98. The number of nitrogens with one attached hydrogen (secondary N) is 1. The van der Waals surface area contributed by atoms with Crippen LogP contribution in [0.2, 0.25) is 0 Å². The number of furan rings is 1. The first-order chi connectivity index (χ1) is 9.66. The van der Waals surface area contributed by atoms with Gasteiger partial charge in [-0.05, 0) is 30.5 Å². The standard InChI is InChI=1S/C14H17NO4S/c1-2-18-9-13(16)15-10-14(17,11-5-3-7-19-11)12-6-4-8-20-12/h3-8,17H,2,9-10H2,1H3,(H,15,16). The van der Waals surface area contributed by atoms with Crippen LogP contribution in [0, 0.1) is 0 Å². The van der Waals surface area contributed by atoms with Crippen LogP contribution in [0.25, 0.3) is 0 Å². The van der Waals surface area contributed by atoms with Crippen molar-refractivity contribution in [2.75, 3.05) is 19.8 Å². The minimum atomic E-state index is -1.36. The predicted octanol–water partition coefficient (Wildman–Crippen LogP) is 1.73. The third-order valence-corrected chi connectivity index (χ3v) is 3.86. The minimum Gasteiger partial charge on any atom is -0.466 e. The van der Waals surface area contributed by atoms with Crippen LogP contribution in [0.1, 0.15) is 17.6 Å². The molecule has 0 spiro atoms. The minimum absolute atomic E-state index is 0.0187. The number of aliphatic hydroxyl groups is 1. The average molecular weight is 295 g/mol. The molecule has 1 amide bonds. The van der Waals surface area contributed by atoms with E-state index in [0.717, 1.165) is 0 Å². The number of carbonyl (C=O) groups is 1. The first-order valence-corrected chi connectivity index (χ1v) is 7.19. The highest BCUT2D eigenvalue weighted by molar-refractivity contribution is 7.10. The van der Waals surface area contributed by atoms with Gasteiger partial charge in [-0.3, -0.25) is 4.79 Å². The summed E-state index contributed by atoms with van der Waals surface area (Å²) in [6, 6.07) is 7.04. The van der Waals surface area contributed by atoms with E-state index in [4.69, 9.17) is 9.15 Å². The quantitative estimate of drug-likeness (QED) is 0.816. The second-order valence-corrected chi connectivity index (χ2v) is 5.18. The Balaban J connectivity index is 2.11. The number of amides is 1. The van der Waals surface area contributed by atoms with E-state index in [0.29, 0.717) is 17.2 Å². The molecule has 0 fully saturated rings. The molecule has 2 N–H and O–H groups in total. The van der Waals surface area contributed by atoms with Crippen molar-refractivity contribution < 1.29 is 19.1 Å². The van der Waals surface area contributed by atoms with E-state index >= 15 is 0 Å². The van der Waals surface area contributed by atoms with Crippen LogP contribution in [0.15, 0.2) is 40.3 Å². The molecule has 20 heavy (non-hydrogen) atoms. The average Bonchev–Trinajstić information content (AvgIpc) is 3.14. The van der Waals surface area contributed by atoms with Gasteiger partial charge in [0.2, 0.25) is 5.91 Å². The third-order valence-electron chi connectivity index (χ3n) is 2.84. The molecule has 0 radical (unpaired) electrons. The summed E-state index contributed by atoms with van der Waals surface area (Å²) in [4.78, 5) is 12.3. The van der Waals surface area contributed by atoms with Crippen LogP contribution in [-0.2, 0) is 15.1 Å². The fraction of sp³-hybridized carbons (Fsp3) is 0.357. The number of thiophene rings is 1. The summed E-state index contributed by atoms with van der Waals surface area (Å²) in [6.07, 6.45) is 1.50. The Kier molecular flexibility index (Phi) is 4.94. The monoisotopic (exact) mass is 295 g/mol. The Hall–Kier alpha value is -1.63. The molecule has 0 aliphatic carbocycles. The smallest absolute Gasteiger partial charge is 0.246 e. The molecule has 5 nitrogen and oxygen atoms in total. The van der Waals surface area contributed by atoms with Gasteiger partial charge in [0.05, 0.1) is 12.8 Å². The zero-order valence-electron chi connectivity index (χ0n) is 11.2. The highest BCUT2D eigenvalue weighted by atomic mass is 32.1. The molecule has 6 heteroatoms. The molecule has 0 aliphatic rings. The molecule has 108 valence electrons. The van der Waals surface area contributed by atoms with Gasteiger partial charge in [0.25, 0.3) is 0 Å². The largest absolute Gasteiger partial charge is 0.466 e. The molecule has 0 aromatic carbocycles. The fourth-order valence-corrected chi connectivity index (χ4v) is 2.62. The summed E-state index contributed by atoms with van der Waals surface area (Å²) >= 11 is 1.41. The molecule has 0 bridgehead atoms. The van der Waals surface area contributed by atoms with Crippen molar-refractivity contribution in [2.45, 2.75) is 12.5 Å². The van der Waals surface area contributed by atoms with E-state index in [-0.39, 0.29) is 19.1 Å². The highest BCUT2D eigenvalue weighted by Gasteiger charge is 2.36. The topological polar surface area (TPSA) is 71.7 Å². The molecule has 1 atom stereocenters. The molecule has 2 aromatic heterocycles. The predicted molar refractivity (Wildman–Crippen MR) is 75.5 cm³/mol. The molecule has 0 saturated heterocycles. The van der Waals surface area contributed by atoms with Gasteiger partial charge in [0.15, 0.2) is 5.60 Å². The van der Waals surface area contributed by atoms with Gasteiger partial charge in [-0.2, -0.15) is 0 Å². The van der Waals surface area contributed by atoms with Crippen LogP contribution < -0.4 is 5.32 Å². The van der Waals surface area contributed by atoms with Gasteiger partial charge >= 0.3 is 0 Å². The van der Waals surface area contributed by atoms with E-state index in [9.17, 15) is 9.90 Å². The zero-order chi connectivity index (χ0) is 14.4. The lowest BCUT2D eigenvalue weighted by molar-refractivity contribution is -0.126. The zero-order valence-corrected chi connectivity index (χ0v) is 12.0. The van der Waals surface area contributed by atoms with Crippen LogP contribution >= 0.6 is 11.3 Å². The van der Waals surface area contributed by atoms with E-state index < -0.39 is 5.60 Å². The second-order valence-electron chi connectivity index (χ2n) is 4.23. The third kappa shape index (κ3) is 3.27. The lowest BCUT2D eigenvalue weighted by Gasteiger charge is -2.25. The van der Waals surface area contributed by atoms with Gasteiger partial charge in [0.1, 0.15) is 12.4 Å². The number of ether oxygens (including phenoxy) is 1. The molecule has 2 aromatic rings. The van der Waals surface area contributed by atoms with Gasteiger partial charge in [-0.1, -0.05) is 6.07 Å². The van der Waals surface area contributed by atoms with E-state index in [1.54, 1.807) is 12.1 Å². The van der Waals surface area contributed by atoms with Gasteiger partial charge in [-0.15, -0.1) is 11.3 Å². The molecule has 2 rings (SSSR count). The Bertz CT molecular complexity index is 487. The van der Waals surface area contributed by atoms with Crippen molar-refractivity contribution in [3.8, 4) is 0 Å². The maximum Gasteiger partial charge on any atom is 0.246 e. The van der Waals surface area contributed by atoms with E-state index in [1.807, 2.05) is 24.4 Å². The normalized spacial score (nSPS) is 13.9. The summed E-state index contributed by atoms with van der Waals surface area (Å²) in [7, 11) is 0. The lowest BCUT2D eigenvalue weighted by Crippen LogP contribution is -2.42. The summed E-state index contributed by atoms with van der Waals surface area (Å²) in [6.45, 7) is 2.31. The van der Waals surface area contributed by atoms with Crippen molar-refractivity contribution in [2.24, 2.45) is 0 Å². The molecule has 1 unspecified atom stereocenters. The van der Waals surface area contributed by atoms with Crippen LogP contribution in [-0.4, -0.2) is 30.8 Å². The van der Waals surface area contributed by atoms with Crippen LogP contribution in [0.5, 0.6) is 0 Å². The first-order valence-electron chi connectivity index (χ1n) is 6.31. The Labute approximate surface area is 121 Å². The summed E-state index contributed by atoms with van der Waals surface area (Å²) in [5, 5.41) is 15.4. The van der Waals surface area contributed by atoms with Crippen molar-refractivity contribution in [3.05, 3.63) is 46.5 Å². The maximum absolute atomic E-state index is 11.6. The molecule has 0 saturated carbocycles. The number of carbonyl (C=O) groups excluding carboxylic acids is 1. The van der Waals surface area contributed by atoms with Gasteiger partial charge in [0, 0.05) is 11.5 Å². The maximum atomic E-state index is 11.6. The van der Waals surface area contributed by atoms with Crippen molar-refractivity contribution >= 4 is 17.2 Å². The molecule has 2 heterocycles. The highest BCUT2D eigenvalue weighted by Crippen LogP contribution is 2.32. The summed E-state index contributed by atoms with van der Waals surface area (Å²) < 4.78 is 10.3. The van der Waals surface area contributed by atoms with Crippen LogP contribution in [0.4, 0.5) is 0 Å². The number of hydrogen-bond donors (Lipinski definition) is 2. The van der Waals surface area contributed by atoms with Gasteiger partial charge < -0.3 is 19.6 Å². The van der Waals surface area contributed by atoms with Crippen molar-refractivity contribution in [1.29, 1.82) is 0 Å². The fourth-order valence-electron chi connectivity index (χ4n) is 1.80. The summed E-state index contributed by atoms with van der Waals surface area (Å²) in [5.74, 6) is 0.130. The van der Waals surface area contributed by atoms with E-state index in [2.05, 4.69) is 5.32 Å². The second kappa shape index (κ2) is 6.69. The SMILES string of the molecule is CCOCC(=O)NCC(O)(c1ccco1)c1cccs1. The first kappa shape index (κ1) is 14.8. The molecular formula is C14H17NO4S. The Morgan fingerprint density at radius 2 is 2.35 bits per heavy atom. The van der Waals surface area contributed by atoms with Crippen LogP contribution in [0.3, 0.4) is 0 Å². The van der Waals surface area contributed by atoms with Gasteiger partial charge in [-0.25, -0.2) is 0 Å². The van der Waals surface area contributed by atoms with E-state index in [1.165, 1.54) is 17.6 Å². The number of hydrogen-bond acceptors (Lipinski definition) is 5. The molecule has 0 aliphatic heterocycles. The van der Waals surface area contributed by atoms with Crippen molar-refractivity contribution in [3.63, 3.8) is 0 Å². The molecular weight excluding hydrogens is 278 g/mol. The Morgan fingerprint density at radius 3 is 2.95 bits per heavy atom.